The third-order valence-electron chi connectivity index (χ3n) is 4.31. The Labute approximate surface area is 114 Å². The van der Waals surface area contributed by atoms with Crippen LogP contribution in [0.5, 0.6) is 0 Å². The summed E-state index contributed by atoms with van der Waals surface area (Å²) in [7, 11) is 0. The molecule has 0 saturated carbocycles. The maximum Gasteiger partial charge on any atom is 0.245 e. The zero-order chi connectivity index (χ0) is 13.2. The van der Waals surface area contributed by atoms with Gasteiger partial charge in [-0.25, -0.2) is 4.98 Å². The maximum atomic E-state index is 11.8. The summed E-state index contributed by atoms with van der Waals surface area (Å²) in [6, 6.07) is 0. The zero-order valence-electron chi connectivity index (χ0n) is 11.3. The summed E-state index contributed by atoms with van der Waals surface area (Å²) in [5, 5.41) is 0. The van der Waals surface area contributed by atoms with Gasteiger partial charge in [-0.3, -0.25) is 4.79 Å². The molecule has 0 aromatic carbocycles. The van der Waals surface area contributed by atoms with E-state index in [0.717, 1.165) is 38.9 Å². The van der Waals surface area contributed by atoms with Crippen molar-refractivity contribution in [3.05, 3.63) is 30.4 Å². The van der Waals surface area contributed by atoms with Gasteiger partial charge in [-0.05, 0) is 38.2 Å². The number of rotatable bonds is 2. The van der Waals surface area contributed by atoms with E-state index in [2.05, 4.69) is 16.1 Å². The highest BCUT2D eigenvalue weighted by molar-refractivity contribution is 5.87. The molecule has 1 fully saturated rings. The summed E-state index contributed by atoms with van der Waals surface area (Å²) >= 11 is 0. The number of imidazole rings is 1. The van der Waals surface area contributed by atoms with Gasteiger partial charge in [0.25, 0.3) is 0 Å². The van der Waals surface area contributed by atoms with E-state index >= 15 is 0 Å². The van der Waals surface area contributed by atoms with Gasteiger partial charge in [-0.2, -0.15) is 0 Å². The van der Waals surface area contributed by atoms with Gasteiger partial charge >= 0.3 is 0 Å². The van der Waals surface area contributed by atoms with E-state index in [-0.39, 0.29) is 5.91 Å². The minimum absolute atomic E-state index is 0.0510. The van der Waals surface area contributed by atoms with Crippen molar-refractivity contribution < 1.29 is 4.79 Å². The summed E-state index contributed by atoms with van der Waals surface area (Å²) in [6.45, 7) is 6.32. The molecule has 0 N–H and O–H groups in total. The molecule has 0 aliphatic carbocycles. The van der Waals surface area contributed by atoms with Crippen molar-refractivity contribution in [1.82, 2.24) is 14.5 Å². The predicted molar refractivity (Wildman–Crippen MR) is 73.9 cm³/mol. The molecule has 1 atom stereocenters. The standard InChI is InChI=1S/C15H21N3O/c1-2-14(19)17-8-5-6-12(11-17)15-16-10-13-7-3-4-9-18(13)15/h2,10,12H,1,3-9,11H2. The predicted octanol–water partition coefficient (Wildman–Crippen LogP) is 2.11. The quantitative estimate of drug-likeness (QED) is 0.763. The number of carbonyl (C=O) groups is 1. The largest absolute Gasteiger partial charge is 0.338 e. The number of piperidine rings is 1. The van der Waals surface area contributed by atoms with Gasteiger partial charge in [0.05, 0.1) is 0 Å². The molecule has 2 aliphatic heterocycles. The summed E-state index contributed by atoms with van der Waals surface area (Å²) in [4.78, 5) is 18.3. The SMILES string of the molecule is C=CC(=O)N1CCCC(c2ncc3n2CCCC3)C1. The second-order valence-electron chi connectivity index (χ2n) is 5.54. The Hall–Kier alpha value is -1.58. The number of nitrogens with zero attached hydrogens (tertiary/aromatic N) is 3. The Kier molecular flexibility index (Phi) is 3.40. The van der Waals surface area contributed by atoms with Crippen molar-refractivity contribution in [3.63, 3.8) is 0 Å². The van der Waals surface area contributed by atoms with Crippen LogP contribution in [0.3, 0.4) is 0 Å². The molecule has 4 nitrogen and oxygen atoms in total. The third kappa shape index (κ3) is 2.31. The van der Waals surface area contributed by atoms with Crippen LogP contribution in [0.2, 0.25) is 0 Å². The van der Waals surface area contributed by atoms with Crippen LogP contribution in [0.1, 0.15) is 43.1 Å². The minimum Gasteiger partial charge on any atom is -0.338 e. The molecule has 3 rings (SSSR count). The van der Waals surface area contributed by atoms with E-state index in [4.69, 9.17) is 0 Å². The molecule has 1 aromatic rings. The van der Waals surface area contributed by atoms with E-state index in [1.165, 1.54) is 30.4 Å². The zero-order valence-corrected chi connectivity index (χ0v) is 11.3. The lowest BCUT2D eigenvalue weighted by Crippen LogP contribution is -2.39. The van der Waals surface area contributed by atoms with Crippen molar-refractivity contribution in [2.24, 2.45) is 0 Å². The maximum absolute atomic E-state index is 11.8. The fourth-order valence-electron chi connectivity index (χ4n) is 3.30. The molecule has 102 valence electrons. The van der Waals surface area contributed by atoms with Crippen LogP contribution in [-0.4, -0.2) is 33.4 Å². The van der Waals surface area contributed by atoms with Gasteiger partial charge < -0.3 is 9.47 Å². The van der Waals surface area contributed by atoms with E-state index < -0.39 is 0 Å². The van der Waals surface area contributed by atoms with Gasteiger partial charge in [-0.1, -0.05) is 6.58 Å². The Morgan fingerprint density at radius 1 is 1.37 bits per heavy atom. The molecule has 19 heavy (non-hydrogen) atoms. The molecular weight excluding hydrogens is 238 g/mol. The molecule has 1 amide bonds. The lowest BCUT2D eigenvalue weighted by atomic mass is 9.96. The van der Waals surface area contributed by atoms with Gasteiger partial charge in [0, 0.05) is 37.4 Å². The van der Waals surface area contributed by atoms with E-state index in [1.54, 1.807) is 0 Å². The Morgan fingerprint density at radius 2 is 2.26 bits per heavy atom. The topological polar surface area (TPSA) is 38.1 Å². The second kappa shape index (κ2) is 5.19. The first kappa shape index (κ1) is 12.5. The summed E-state index contributed by atoms with van der Waals surface area (Å²) in [5.74, 6) is 1.64. The van der Waals surface area contributed by atoms with Crippen molar-refractivity contribution in [2.45, 2.75) is 44.6 Å². The van der Waals surface area contributed by atoms with Crippen LogP contribution in [0.15, 0.2) is 18.9 Å². The smallest absolute Gasteiger partial charge is 0.245 e. The average molecular weight is 259 g/mol. The van der Waals surface area contributed by atoms with Gasteiger partial charge in [0.1, 0.15) is 5.82 Å². The highest BCUT2D eigenvalue weighted by Gasteiger charge is 2.27. The number of hydrogen-bond donors (Lipinski definition) is 0. The molecular formula is C15H21N3O. The number of hydrogen-bond acceptors (Lipinski definition) is 2. The lowest BCUT2D eigenvalue weighted by molar-refractivity contribution is -0.127. The first-order valence-corrected chi connectivity index (χ1v) is 7.25. The van der Waals surface area contributed by atoms with E-state index in [1.807, 2.05) is 11.1 Å². The Morgan fingerprint density at radius 3 is 3.11 bits per heavy atom. The van der Waals surface area contributed by atoms with Crippen molar-refractivity contribution in [2.75, 3.05) is 13.1 Å². The fourth-order valence-corrected chi connectivity index (χ4v) is 3.30. The number of aryl methyl sites for hydroxylation is 1. The van der Waals surface area contributed by atoms with Crippen LogP contribution >= 0.6 is 0 Å². The lowest BCUT2D eigenvalue weighted by Gasteiger charge is -2.32. The van der Waals surface area contributed by atoms with Gasteiger partial charge in [0.2, 0.25) is 5.91 Å². The van der Waals surface area contributed by atoms with Crippen LogP contribution in [0.25, 0.3) is 0 Å². The monoisotopic (exact) mass is 259 g/mol. The number of carbonyl (C=O) groups excluding carboxylic acids is 1. The molecule has 4 heteroatoms. The van der Waals surface area contributed by atoms with Crippen LogP contribution in [0, 0.1) is 0 Å². The summed E-state index contributed by atoms with van der Waals surface area (Å²) < 4.78 is 2.38. The minimum atomic E-state index is 0.0510. The first-order valence-electron chi connectivity index (χ1n) is 7.25. The number of aromatic nitrogens is 2. The fraction of sp³-hybridized carbons (Fsp3) is 0.600. The van der Waals surface area contributed by atoms with Crippen LogP contribution in [-0.2, 0) is 17.8 Å². The van der Waals surface area contributed by atoms with Crippen LogP contribution in [0.4, 0.5) is 0 Å². The van der Waals surface area contributed by atoms with Crippen molar-refractivity contribution in [1.29, 1.82) is 0 Å². The number of fused-ring (bicyclic) bond motifs is 1. The molecule has 1 saturated heterocycles. The molecule has 3 heterocycles. The van der Waals surface area contributed by atoms with Crippen molar-refractivity contribution in [3.8, 4) is 0 Å². The molecule has 0 radical (unpaired) electrons. The van der Waals surface area contributed by atoms with Gasteiger partial charge in [0.15, 0.2) is 0 Å². The summed E-state index contributed by atoms with van der Waals surface area (Å²) in [6.07, 6.45) is 9.32. The van der Waals surface area contributed by atoms with Gasteiger partial charge in [-0.15, -0.1) is 0 Å². The highest BCUT2D eigenvalue weighted by atomic mass is 16.2. The third-order valence-corrected chi connectivity index (χ3v) is 4.31. The second-order valence-corrected chi connectivity index (χ2v) is 5.54. The van der Waals surface area contributed by atoms with Crippen LogP contribution < -0.4 is 0 Å². The molecule has 1 unspecified atom stereocenters. The Balaban J connectivity index is 1.80. The summed E-state index contributed by atoms with van der Waals surface area (Å²) in [5.41, 5.74) is 1.37. The molecule has 0 spiro atoms. The number of amides is 1. The molecule has 0 bridgehead atoms. The Bertz CT molecular complexity index is 492. The first-order chi connectivity index (χ1) is 9.29. The van der Waals surface area contributed by atoms with Crippen molar-refractivity contribution >= 4 is 5.91 Å². The highest BCUT2D eigenvalue weighted by Crippen LogP contribution is 2.29. The molecule has 1 aromatic heterocycles. The normalized spacial score (nSPS) is 22.9. The average Bonchev–Trinajstić information content (AvgIpc) is 2.90. The number of likely N-dealkylation sites (tertiary alicyclic amines) is 1. The van der Waals surface area contributed by atoms with E-state index in [9.17, 15) is 4.79 Å². The molecule has 2 aliphatic rings. The van der Waals surface area contributed by atoms with E-state index in [0.29, 0.717) is 5.92 Å².